The summed E-state index contributed by atoms with van der Waals surface area (Å²) in [4.78, 5) is 24.5. The number of carbonyl (C=O) groups is 2. The van der Waals surface area contributed by atoms with Crippen molar-refractivity contribution in [2.75, 3.05) is 0 Å². The van der Waals surface area contributed by atoms with E-state index in [0.29, 0.717) is 11.3 Å². The maximum absolute atomic E-state index is 10.8. The molecule has 1 aromatic heterocycles. The molecule has 0 aliphatic heterocycles. The molecule has 0 radical (unpaired) electrons. The predicted molar refractivity (Wildman–Crippen MR) is 60.9 cm³/mol. The highest BCUT2D eigenvalue weighted by Gasteiger charge is 2.09. The van der Waals surface area contributed by atoms with Crippen molar-refractivity contribution in [3.8, 4) is 5.75 Å². The lowest BCUT2D eigenvalue weighted by molar-refractivity contribution is -0.136. The Hall–Kier alpha value is -2.30. The minimum atomic E-state index is -0.899. The number of aromatic amines is 1. The van der Waals surface area contributed by atoms with Gasteiger partial charge in [0.2, 0.25) is 0 Å². The average Bonchev–Trinajstić information content (AvgIpc) is 2.59. The minimum Gasteiger partial charge on any atom is -0.481 e. The van der Waals surface area contributed by atoms with Gasteiger partial charge in [0.1, 0.15) is 5.75 Å². The Labute approximate surface area is 97.0 Å². The van der Waals surface area contributed by atoms with E-state index in [0.717, 1.165) is 10.9 Å². The lowest BCUT2D eigenvalue weighted by atomic mass is 10.1. The van der Waals surface area contributed by atoms with Gasteiger partial charge in [0.25, 0.3) is 0 Å². The molecular weight excluding hydrogens is 222 g/mol. The first kappa shape index (κ1) is 11.2. The Kier molecular flexibility index (Phi) is 2.82. The van der Waals surface area contributed by atoms with Gasteiger partial charge in [-0.2, -0.15) is 0 Å². The summed E-state index contributed by atoms with van der Waals surface area (Å²) in [5.74, 6) is -0.889. The van der Waals surface area contributed by atoms with Crippen molar-refractivity contribution in [2.24, 2.45) is 0 Å². The number of aliphatic carboxylic acids is 1. The maximum atomic E-state index is 10.8. The molecule has 0 spiro atoms. The van der Waals surface area contributed by atoms with Crippen LogP contribution in [0.25, 0.3) is 10.9 Å². The van der Waals surface area contributed by atoms with Crippen molar-refractivity contribution in [3.63, 3.8) is 0 Å². The van der Waals surface area contributed by atoms with Gasteiger partial charge in [-0.1, -0.05) is 0 Å². The third kappa shape index (κ3) is 2.44. The van der Waals surface area contributed by atoms with Crippen LogP contribution in [0.4, 0.5) is 0 Å². The number of hydrogen-bond donors (Lipinski definition) is 2. The van der Waals surface area contributed by atoms with Crippen LogP contribution in [0, 0.1) is 0 Å². The highest BCUT2D eigenvalue weighted by molar-refractivity contribution is 5.88. The number of esters is 1. The van der Waals surface area contributed by atoms with Crippen molar-refractivity contribution < 1.29 is 19.4 Å². The Bertz CT molecular complexity index is 585. The number of rotatable bonds is 3. The number of hydrogen-bond acceptors (Lipinski definition) is 3. The van der Waals surface area contributed by atoms with Gasteiger partial charge < -0.3 is 14.8 Å². The summed E-state index contributed by atoms with van der Waals surface area (Å²) in [6.45, 7) is 1.32. The van der Waals surface area contributed by atoms with Crippen molar-refractivity contribution in [1.29, 1.82) is 0 Å². The monoisotopic (exact) mass is 233 g/mol. The van der Waals surface area contributed by atoms with E-state index in [1.165, 1.54) is 6.92 Å². The van der Waals surface area contributed by atoms with E-state index in [2.05, 4.69) is 4.98 Å². The van der Waals surface area contributed by atoms with Gasteiger partial charge in [-0.15, -0.1) is 0 Å². The maximum Gasteiger partial charge on any atom is 0.308 e. The summed E-state index contributed by atoms with van der Waals surface area (Å²) in [5, 5.41) is 9.52. The van der Waals surface area contributed by atoms with Crippen LogP contribution in [0.3, 0.4) is 0 Å². The molecule has 0 saturated heterocycles. The molecule has 2 rings (SSSR count). The summed E-state index contributed by atoms with van der Waals surface area (Å²) >= 11 is 0. The number of fused-ring (bicyclic) bond motifs is 1. The van der Waals surface area contributed by atoms with Crippen LogP contribution in [0.5, 0.6) is 5.75 Å². The molecule has 2 aromatic rings. The van der Waals surface area contributed by atoms with E-state index in [-0.39, 0.29) is 6.42 Å². The number of H-pyrrole nitrogens is 1. The quantitative estimate of drug-likeness (QED) is 0.625. The first-order valence-electron chi connectivity index (χ1n) is 5.06. The molecule has 1 heterocycles. The van der Waals surface area contributed by atoms with E-state index in [9.17, 15) is 9.59 Å². The van der Waals surface area contributed by atoms with Gasteiger partial charge in [-0.3, -0.25) is 9.59 Å². The van der Waals surface area contributed by atoms with Gasteiger partial charge in [0.05, 0.1) is 6.42 Å². The van der Waals surface area contributed by atoms with Crippen molar-refractivity contribution in [2.45, 2.75) is 13.3 Å². The van der Waals surface area contributed by atoms with Gasteiger partial charge in [0.15, 0.2) is 0 Å². The van der Waals surface area contributed by atoms with Crippen LogP contribution in [0.15, 0.2) is 24.4 Å². The smallest absolute Gasteiger partial charge is 0.308 e. The van der Waals surface area contributed by atoms with Gasteiger partial charge in [-0.25, -0.2) is 0 Å². The van der Waals surface area contributed by atoms with E-state index >= 15 is 0 Å². The number of carboxylic acid groups (broad SMARTS) is 1. The number of carbonyl (C=O) groups excluding carboxylic acids is 1. The molecule has 0 amide bonds. The second-order valence-corrected chi connectivity index (χ2v) is 3.69. The van der Waals surface area contributed by atoms with Crippen LogP contribution in [0.1, 0.15) is 12.5 Å². The van der Waals surface area contributed by atoms with Crippen molar-refractivity contribution in [1.82, 2.24) is 4.98 Å². The molecule has 5 nitrogen and oxygen atoms in total. The number of ether oxygens (including phenoxy) is 1. The van der Waals surface area contributed by atoms with Gasteiger partial charge in [-0.05, 0) is 23.8 Å². The standard InChI is InChI=1S/C12H11NO4/c1-7(14)17-9-2-3-11-10(5-9)8(6-13-11)4-12(15)16/h2-3,5-6,13H,4H2,1H3,(H,15,16). The molecule has 0 fully saturated rings. The lowest BCUT2D eigenvalue weighted by Crippen LogP contribution is -2.01. The van der Waals surface area contributed by atoms with E-state index in [1.54, 1.807) is 24.4 Å². The Morgan fingerprint density at radius 3 is 2.82 bits per heavy atom. The molecule has 0 unspecified atom stereocenters. The Morgan fingerprint density at radius 2 is 2.18 bits per heavy atom. The Balaban J connectivity index is 2.42. The highest BCUT2D eigenvalue weighted by atomic mass is 16.5. The first-order valence-corrected chi connectivity index (χ1v) is 5.06. The fourth-order valence-corrected chi connectivity index (χ4v) is 1.70. The molecule has 5 heteroatoms. The van der Waals surface area contributed by atoms with E-state index < -0.39 is 11.9 Å². The molecule has 0 saturated carbocycles. The normalized spacial score (nSPS) is 10.4. The van der Waals surface area contributed by atoms with Gasteiger partial charge in [0, 0.05) is 24.0 Å². The zero-order chi connectivity index (χ0) is 12.4. The molecule has 1 aromatic carbocycles. The van der Waals surface area contributed by atoms with Crippen LogP contribution >= 0.6 is 0 Å². The molecule has 2 N–H and O–H groups in total. The molecule has 0 aliphatic rings. The number of benzene rings is 1. The topological polar surface area (TPSA) is 79.4 Å². The summed E-state index contributed by atoms with van der Waals surface area (Å²) in [6.07, 6.45) is 1.58. The van der Waals surface area contributed by atoms with E-state index in [1.807, 2.05) is 0 Å². The van der Waals surface area contributed by atoms with Crippen LogP contribution in [0.2, 0.25) is 0 Å². The minimum absolute atomic E-state index is 0.0659. The predicted octanol–water partition coefficient (Wildman–Crippen LogP) is 1.72. The molecular formula is C12H11NO4. The summed E-state index contributed by atoms with van der Waals surface area (Å²) in [7, 11) is 0. The molecule has 0 atom stereocenters. The molecule has 0 aliphatic carbocycles. The van der Waals surface area contributed by atoms with Crippen molar-refractivity contribution in [3.05, 3.63) is 30.0 Å². The highest BCUT2D eigenvalue weighted by Crippen LogP contribution is 2.24. The largest absolute Gasteiger partial charge is 0.481 e. The second-order valence-electron chi connectivity index (χ2n) is 3.69. The SMILES string of the molecule is CC(=O)Oc1ccc2[nH]cc(CC(=O)O)c2c1. The summed E-state index contributed by atoms with van der Waals surface area (Å²) < 4.78 is 4.95. The average molecular weight is 233 g/mol. The number of carboxylic acids is 1. The third-order valence-corrected chi connectivity index (χ3v) is 2.34. The third-order valence-electron chi connectivity index (χ3n) is 2.34. The Morgan fingerprint density at radius 1 is 1.41 bits per heavy atom. The fraction of sp³-hybridized carbons (Fsp3) is 0.167. The molecule has 0 bridgehead atoms. The van der Waals surface area contributed by atoms with E-state index in [4.69, 9.17) is 9.84 Å². The zero-order valence-electron chi connectivity index (χ0n) is 9.19. The fourth-order valence-electron chi connectivity index (χ4n) is 1.70. The van der Waals surface area contributed by atoms with Crippen LogP contribution in [-0.2, 0) is 16.0 Å². The van der Waals surface area contributed by atoms with Crippen LogP contribution in [-0.4, -0.2) is 22.0 Å². The number of nitrogens with one attached hydrogen (secondary N) is 1. The van der Waals surface area contributed by atoms with Crippen LogP contribution < -0.4 is 4.74 Å². The number of aromatic nitrogens is 1. The lowest BCUT2D eigenvalue weighted by Gasteiger charge is -2.01. The van der Waals surface area contributed by atoms with Crippen molar-refractivity contribution >= 4 is 22.8 Å². The zero-order valence-corrected chi connectivity index (χ0v) is 9.19. The molecule has 17 heavy (non-hydrogen) atoms. The second kappa shape index (κ2) is 4.29. The summed E-state index contributed by atoms with van der Waals surface area (Å²) in [6, 6.07) is 5.06. The van der Waals surface area contributed by atoms with Gasteiger partial charge >= 0.3 is 11.9 Å². The molecule has 88 valence electrons. The first-order chi connectivity index (χ1) is 8.06. The summed E-state index contributed by atoms with van der Waals surface area (Å²) in [5.41, 5.74) is 1.48.